The zero-order chi connectivity index (χ0) is 15.4. The maximum Gasteiger partial charge on any atom is 0.141 e. The summed E-state index contributed by atoms with van der Waals surface area (Å²) in [6, 6.07) is 20.7. The van der Waals surface area contributed by atoms with Gasteiger partial charge in [-0.25, -0.2) is 4.98 Å². The van der Waals surface area contributed by atoms with Gasteiger partial charge in [0.05, 0.1) is 5.69 Å². The molecule has 0 saturated heterocycles. The SMILES string of the molecule is CCCCn1c(-c2ccccc2)nc(S)c1-c1ccccc1. The van der Waals surface area contributed by atoms with E-state index in [4.69, 9.17) is 4.98 Å². The van der Waals surface area contributed by atoms with Crippen molar-refractivity contribution in [3.63, 3.8) is 0 Å². The lowest BCUT2D eigenvalue weighted by molar-refractivity contribution is 0.640. The number of unbranched alkanes of at least 4 members (excludes halogenated alkanes) is 1. The van der Waals surface area contributed by atoms with E-state index in [1.54, 1.807) is 0 Å². The molecular weight excluding hydrogens is 288 g/mol. The number of nitrogens with zero attached hydrogens (tertiary/aromatic N) is 2. The third-order valence-electron chi connectivity index (χ3n) is 3.76. The minimum absolute atomic E-state index is 0.793. The number of aromatic nitrogens is 2. The molecule has 0 amide bonds. The van der Waals surface area contributed by atoms with Gasteiger partial charge < -0.3 is 4.57 Å². The molecule has 0 atom stereocenters. The zero-order valence-electron chi connectivity index (χ0n) is 12.7. The molecule has 22 heavy (non-hydrogen) atoms. The summed E-state index contributed by atoms with van der Waals surface area (Å²) in [5.41, 5.74) is 3.41. The van der Waals surface area contributed by atoms with Crippen LogP contribution in [-0.2, 0) is 6.54 Å². The molecule has 2 nitrogen and oxygen atoms in total. The van der Waals surface area contributed by atoms with E-state index >= 15 is 0 Å². The average molecular weight is 308 g/mol. The van der Waals surface area contributed by atoms with Crippen LogP contribution in [-0.4, -0.2) is 9.55 Å². The van der Waals surface area contributed by atoms with Crippen molar-refractivity contribution in [1.82, 2.24) is 9.55 Å². The van der Waals surface area contributed by atoms with Crippen LogP contribution in [0.5, 0.6) is 0 Å². The van der Waals surface area contributed by atoms with Crippen LogP contribution in [0.15, 0.2) is 65.7 Å². The zero-order valence-corrected chi connectivity index (χ0v) is 13.6. The van der Waals surface area contributed by atoms with Gasteiger partial charge in [0.25, 0.3) is 0 Å². The Morgan fingerprint density at radius 3 is 2.09 bits per heavy atom. The third-order valence-corrected chi connectivity index (χ3v) is 4.08. The number of thiol groups is 1. The van der Waals surface area contributed by atoms with Crippen LogP contribution < -0.4 is 0 Å². The molecule has 3 rings (SSSR count). The highest BCUT2D eigenvalue weighted by atomic mass is 32.1. The monoisotopic (exact) mass is 308 g/mol. The van der Waals surface area contributed by atoms with Crippen molar-refractivity contribution in [3.8, 4) is 22.6 Å². The molecule has 0 aliphatic heterocycles. The molecule has 0 spiro atoms. The Morgan fingerprint density at radius 2 is 1.50 bits per heavy atom. The molecule has 112 valence electrons. The highest BCUT2D eigenvalue weighted by molar-refractivity contribution is 7.80. The van der Waals surface area contributed by atoms with E-state index in [2.05, 4.69) is 72.7 Å². The second-order valence-corrected chi connectivity index (χ2v) is 5.77. The summed E-state index contributed by atoms with van der Waals surface area (Å²) < 4.78 is 2.30. The maximum absolute atomic E-state index is 4.74. The second kappa shape index (κ2) is 6.84. The lowest BCUT2D eigenvalue weighted by atomic mass is 10.1. The summed E-state index contributed by atoms with van der Waals surface area (Å²) >= 11 is 4.64. The molecule has 0 saturated carbocycles. The van der Waals surface area contributed by atoms with E-state index in [9.17, 15) is 0 Å². The topological polar surface area (TPSA) is 17.8 Å². The molecule has 0 N–H and O–H groups in total. The van der Waals surface area contributed by atoms with Crippen molar-refractivity contribution in [3.05, 3.63) is 60.7 Å². The summed E-state index contributed by atoms with van der Waals surface area (Å²) in [4.78, 5) is 4.74. The Balaban J connectivity index is 2.16. The molecule has 0 radical (unpaired) electrons. The van der Waals surface area contributed by atoms with Gasteiger partial charge in [-0.15, -0.1) is 12.6 Å². The first-order valence-electron chi connectivity index (χ1n) is 7.71. The van der Waals surface area contributed by atoms with E-state index < -0.39 is 0 Å². The average Bonchev–Trinajstić information content (AvgIpc) is 2.91. The summed E-state index contributed by atoms with van der Waals surface area (Å²) in [6.07, 6.45) is 2.28. The minimum Gasteiger partial charge on any atom is -0.323 e. The quantitative estimate of drug-likeness (QED) is 0.633. The van der Waals surface area contributed by atoms with Gasteiger partial charge >= 0.3 is 0 Å². The molecule has 0 fully saturated rings. The summed E-state index contributed by atoms with van der Waals surface area (Å²) in [5, 5.41) is 0.793. The van der Waals surface area contributed by atoms with Crippen LogP contribution in [0.1, 0.15) is 19.8 Å². The Kier molecular flexibility index (Phi) is 4.64. The molecule has 1 heterocycles. The van der Waals surface area contributed by atoms with Gasteiger partial charge in [0.1, 0.15) is 10.9 Å². The largest absolute Gasteiger partial charge is 0.323 e. The number of imidazole rings is 1. The van der Waals surface area contributed by atoms with Gasteiger partial charge in [-0.2, -0.15) is 0 Å². The van der Waals surface area contributed by atoms with E-state index in [0.29, 0.717) is 0 Å². The van der Waals surface area contributed by atoms with Crippen LogP contribution in [0, 0.1) is 0 Å². The summed E-state index contributed by atoms with van der Waals surface area (Å²) in [6.45, 7) is 3.17. The predicted molar refractivity (Wildman–Crippen MR) is 95.3 cm³/mol. The fourth-order valence-electron chi connectivity index (χ4n) is 2.66. The van der Waals surface area contributed by atoms with E-state index in [1.165, 1.54) is 5.56 Å². The first kappa shape index (κ1) is 14.9. The fraction of sp³-hybridized carbons (Fsp3) is 0.211. The van der Waals surface area contributed by atoms with Gasteiger partial charge in [0.15, 0.2) is 0 Å². The van der Waals surface area contributed by atoms with Crippen molar-refractivity contribution in [2.45, 2.75) is 31.3 Å². The third kappa shape index (κ3) is 2.95. The van der Waals surface area contributed by atoms with Gasteiger partial charge in [-0.05, 0) is 6.42 Å². The Bertz CT molecular complexity index is 733. The molecule has 2 aromatic carbocycles. The smallest absolute Gasteiger partial charge is 0.141 e. The molecule has 0 aliphatic rings. The molecule has 0 bridgehead atoms. The van der Waals surface area contributed by atoms with Crippen LogP contribution >= 0.6 is 12.6 Å². The lowest BCUT2D eigenvalue weighted by Gasteiger charge is -2.12. The first-order chi connectivity index (χ1) is 10.8. The minimum atomic E-state index is 0.793. The Hall–Kier alpha value is -2.00. The summed E-state index contributed by atoms with van der Waals surface area (Å²) in [5.74, 6) is 0.998. The Labute approximate surface area is 137 Å². The number of rotatable bonds is 5. The molecule has 3 aromatic rings. The van der Waals surface area contributed by atoms with Crippen molar-refractivity contribution in [2.24, 2.45) is 0 Å². The molecule has 0 unspecified atom stereocenters. The highest BCUT2D eigenvalue weighted by Gasteiger charge is 2.17. The lowest BCUT2D eigenvalue weighted by Crippen LogP contribution is -2.03. The van der Waals surface area contributed by atoms with Crippen LogP contribution in [0.25, 0.3) is 22.6 Å². The second-order valence-electron chi connectivity index (χ2n) is 5.34. The summed E-state index contributed by atoms with van der Waals surface area (Å²) in [7, 11) is 0. The van der Waals surface area contributed by atoms with E-state index in [-0.39, 0.29) is 0 Å². The molecular formula is C19H20N2S. The van der Waals surface area contributed by atoms with Crippen molar-refractivity contribution in [2.75, 3.05) is 0 Å². The van der Waals surface area contributed by atoms with Gasteiger partial charge in [-0.1, -0.05) is 74.0 Å². The molecule has 3 heteroatoms. The standard InChI is InChI=1S/C19H20N2S/c1-2-3-14-21-17(15-10-6-4-7-11-15)19(22)20-18(21)16-12-8-5-9-13-16/h4-13,22H,2-3,14H2,1H3. The Morgan fingerprint density at radius 1 is 0.909 bits per heavy atom. The van der Waals surface area contributed by atoms with Crippen molar-refractivity contribution < 1.29 is 0 Å². The van der Waals surface area contributed by atoms with Gasteiger partial charge in [0.2, 0.25) is 0 Å². The van der Waals surface area contributed by atoms with E-state index in [1.807, 2.05) is 12.1 Å². The number of hydrogen-bond acceptors (Lipinski definition) is 2. The van der Waals surface area contributed by atoms with Crippen LogP contribution in [0.4, 0.5) is 0 Å². The van der Waals surface area contributed by atoms with E-state index in [0.717, 1.165) is 41.5 Å². The normalized spacial score (nSPS) is 10.8. The molecule has 1 aromatic heterocycles. The molecule has 0 aliphatic carbocycles. The van der Waals surface area contributed by atoms with Crippen molar-refractivity contribution >= 4 is 12.6 Å². The number of benzene rings is 2. The fourth-order valence-corrected chi connectivity index (χ4v) is 3.01. The van der Waals surface area contributed by atoms with Crippen LogP contribution in [0.3, 0.4) is 0 Å². The first-order valence-corrected chi connectivity index (χ1v) is 8.16. The highest BCUT2D eigenvalue weighted by Crippen LogP contribution is 2.32. The number of hydrogen-bond donors (Lipinski definition) is 1. The van der Waals surface area contributed by atoms with Crippen LogP contribution in [0.2, 0.25) is 0 Å². The van der Waals surface area contributed by atoms with Gasteiger partial charge in [-0.3, -0.25) is 0 Å². The van der Waals surface area contributed by atoms with Gasteiger partial charge in [0, 0.05) is 17.7 Å². The van der Waals surface area contributed by atoms with Crippen molar-refractivity contribution in [1.29, 1.82) is 0 Å². The maximum atomic E-state index is 4.74. The predicted octanol–water partition coefficient (Wildman–Crippen LogP) is 5.31.